The fraction of sp³-hybridized carbons (Fsp3) is 0.235. The molecule has 0 spiro atoms. The molecule has 0 saturated carbocycles. The van der Waals surface area contributed by atoms with Crippen LogP contribution in [0.4, 0.5) is 3.89 Å². The highest BCUT2D eigenvalue weighted by Gasteiger charge is 2.24. The fourth-order valence-corrected chi connectivity index (χ4v) is 3.40. The molecule has 0 unspecified atom stereocenters. The molecular formula is C17H17ClFNO5S. The largest absolute Gasteiger partial charge is 0.496 e. The minimum absolute atomic E-state index is 0.0160. The van der Waals surface area contributed by atoms with Crippen molar-refractivity contribution < 1.29 is 26.6 Å². The first-order chi connectivity index (χ1) is 12.2. The van der Waals surface area contributed by atoms with Crippen LogP contribution in [0.5, 0.6) is 11.5 Å². The molecule has 2 aromatic rings. The molecule has 6 nitrogen and oxygen atoms in total. The predicted octanol–water partition coefficient (Wildman–Crippen LogP) is 3.29. The van der Waals surface area contributed by atoms with Gasteiger partial charge in [0.25, 0.3) is 5.91 Å². The molecule has 0 fully saturated rings. The summed E-state index contributed by atoms with van der Waals surface area (Å²) in [5.74, 6) is 0.0518. The van der Waals surface area contributed by atoms with Gasteiger partial charge in [-0.1, -0.05) is 29.8 Å². The SMILES string of the molecule is COc1ccccc1CN(C)C(=O)c1cc(Cl)c(S(=O)(=O)F)cc1OC. The maximum absolute atomic E-state index is 13.3. The lowest BCUT2D eigenvalue weighted by atomic mass is 10.1. The number of amides is 1. The van der Waals surface area contributed by atoms with E-state index in [1.807, 2.05) is 18.2 Å². The van der Waals surface area contributed by atoms with Crippen molar-refractivity contribution >= 4 is 27.7 Å². The third-order valence-electron chi connectivity index (χ3n) is 3.69. The number of halogens is 2. The second-order valence-corrected chi connectivity index (χ2v) is 7.12. The molecule has 0 aliphatic rings. The van der Waals surface area contributed by atoms with Gasteiger partial charge in [0, 0.05) is 25.2 Å². The summed E-state index contributed by atoms with van der Waals surface area (Å²) in [6.45, 7) is 0.229. The lowest BCUT2D eigenvalue weighted by Crippen LogP contribution is -2.27. The van der Waals surface area contributed by atoms with E-state index in [2.05, 4.69) is 0 Å². The quantitative estimate of drug-likeness (QED) is 0.694. The summed E-state index contributed by atoms with van der Waals surface area (Å²) in [4.78, 5) is 13.4. The van der Waals surface area contributed by atoms with Crippen LogP contribution in [-0.2, 0) is 16.8 Å². The van der Waals surface area contributed by atoms with E-state index in [9.17, 15) is 17.1 Å². The average Bonchev–Trinajstić information content (AvgIpc) is 2.60. The zero-order valence-electron chi connectivity index (χ0n) is 14.3. The van der Waals surface area contributed by atoms with Crippen LogP contribution in [0.15, 0.2) is 41.3 Å². The first-order valence-corrected chi connectivity index (χ1v) is 9.14. The molecule has 26 heavy (non-hydrogen) atoms. The van der Waals surface area contributed by atoms with Gasteiger partial charge in [-0.25, -0.2) is 0 Å². The Kier molecular flexibility index (Phi) is 6.09. The molecule has 0 aliphatic heterocycles. The number of ether oxygens (including phenoxy) is 2. The van der Waals surface area contributed by atoms with Gasteiger partial charge < -0.3 is 14.4 Å². The van der Waals surface area contributed by atoms with Crippen molar-refractivity contribution in [3.05, 3.63) is 52.5 Å². The molecule has 0 atom stereocenters. The summed E-state index contributed by atoms with van der Waals surface area (Å²) in [5, 5.41) is -0.401. The van der Waals surface area contributed by atoms with Crippen LogP contribution in [-0.4, -0.2) is 40.5 Å². The van der Waals surface area contributed by atoms with Crippen LogP contribution in [0.3, 0.4) is 0 Å². The molecule has 0 aromatic heterocycles. The Morgan fingerprint density at radius 2 is 1.77 bits per heavy atom. The Morgan fingerprint density at radius 3 is 2.35 bits per heavy atom. The number of carbonyl (C=O) groups excluding carboxylic acids is 1. The van der Waals surface area contributed by atoms with Crippen LogP contribution in [0.2, 0.25) is 5.02 Å². The lowest BCUT2D eigenvalue weighted by Gasteiger charge is -2.20. The fourth-order valence-electron chi connectivity index (χ4n) is 2.42. The second-order valence-electron chi connectivity index (χ2n) is 5.39. The normalized spacial score (nSPS) is 11.1. The number of nitrogens with zero attached hydrogens (tertiary/aromatic N) is 1. The van der Waals surface area contributed by atoms with Crippen LogP contribution in [0, 0.1) is 0 Å². The Balaban J connectivity index is 2.38. The standard InChI is InChI=1S/C17H17ClFNO5S/c1-20(10-11-6-4-5-7-14(11)24-2)17(21)12-8-13(18)16(26(19,22)23)9-15(12)25-3/h4-9H,10H2,1-3H3. The van der Waals surface area contributed by atoms with Crippen molar-refractivity contribution in [2.24, 2.45) is 0 Å². The third-order valence-corrected chi connectivity index (χ3v) is 4.98. The monoisotopic (exact) mass is 401 g/mol. The molecule has 0 heterocycles. The summed E-state index contributed by atoms with van der Waals surface area (Å²) in [7, 11) is -0.710. The Morgan fingerprint density at radius 1 is 1.15 bits per heavy atom. The number of methoxy groups -OCH3 is 2. The highest BCUT2D eigenvalue weighted by Crippen LogP contribution is 2.32. The van der Waals surface area contributed by atoms with E-state index in [1.54, 1.807) is 13.1 Å². The van der Waals surface area contributed by atoms with Crippen LogP contribution < -0.4 is 9.47 Å². The molecular weight excluding hydrogens is 385 g/mol. The zero-order valence-corrected chi connectivity index (χ0v) is 15.9. The second kappa shape index (κ2) is 7.92. The number of benzene rings is 2. The first-order valence-electron chi connectivity index (χ1n) is 7.38. The van der Waals surface area contributed by atoms with Crippen LogP contribution in [0.25, 0.3) is 0 Å². The average molecular weight is 402 g/mol. The van der Waals surface area contributed by atoms with Crippen molar-refractivity contribution in [2.45, 2.75) is 11.4 Å². The van der Waals surface area contributed by atoms with E-state index < -0.39 is 26.0 Å². The zero-order chi connectivity index (χ0) is 19.5. The van der Waals surface area contributed by atoms with E-state index in [4.69, 9.17) is 21.1 Å². The molecule has 2 rings (SSSR count). The van der Waals surface area contributed by atoms with Gasteiger partial charge in [-0.2, -0.15) is 8.42 Å². The van der Waals surface area contributed by atoms with E-state index >= 15 is 0 Å². The van der Waals surface area contributed by atoms with Crippen LogP contribution in [0.1, 0.15) is 15.9 Å². The third kappa shape index (κ3) is 4.25. The molecule has 0 aliphatic carbocycles. The summed E-state index contributed by atoms with van der Waals surface area (Å²) in [5.41, 5.74) is 0.793. The van der Waals surface area contributed by atoms with Gasteiger partial charge in [0.05, 0.1) is 24.8 Å². The van der Waals surface area contributed by atoms with Gasteiger partial charge in [0.15, 0.2) is 0 Å². The molecule has 9 heteroatoms. The van der Waals surface area contributed by atoms with Gasteiger partial charge in [0.1, 0.15) is 16.4 Å². The summed E-state index contributed by atoms with van der Waals surface area (Å²) < 4.78 is 45.8. The Hall–Kier alpha value is -2.32. The molecule has 140 valence electrons. The molecule has 2 aromatic carbocycles. The molecule has 0 N–H and O–H groups in total. The van der Waals surface area contributed by atoms with Crippen molar-refractivity contribution in [3.63, 3.8) is 0 Å². The minimum atomic E-state index is -5.04. The number of carbonyl (C=O) groups is 1. The maximum atomic E-state index is 13.3. The van der Waals surface area contributed by atoms with Gasteiger partial charge >= 0.3 is 10.2 Å². The highest BCUT2D eigenvalue weighted by atomic mass is 35.5. The molecule has 0 radical (unpaired) electrons. The van der Waals surface area contributed by atoms with Crippen molar-refractivity contribution in [1.82, 2.24) is 4.90 Å². The number of rotatable bonds is 6. The lowest BCUT2D eigenvalue weighted by molar-refractivity contribution is 0.0780. The predicted molar refractivity (Wildman–Crippen MR) is 95.1 cm³/mol. The number of para-hydroxylation sites is 1. The van der Waals surface area contributed by atoms with Crippen molar-refractivity contribution in [3.8, 4) is 11.5 Å². The van der Waals surface area contributed by atoms with E-state index in [1.165, 1.54) is 19.1 Å². The smallest absolute Gasteiger partial charge is 0.333 e. The molecule has 0 saturated heterocycles. The number of hydrogen-bond acceptors (Lipinski definition) is 5. The van der Waals surface area contributed by atoms with Gasteiger partial charge in [-0.05, 0) is 12.1 Å². The van der Waals surface area contributed by atoms with Gasteiger partial charge in [-0.3, -0.25) is 4.79 Å². The minimum Gasteiger partial charge on any atom is -0.496 e. The molecule has 1 amide bonds. The van der Waals surface area contributed by atoms with Crippen LogP contribution >= 0.6 is 11.6 Å². The molecule has 0 bridgehead atoms. The maximum Gasteiger partial charge on any atom is 0.333 e. The van der Waals surface area contributed by atoms with Gasteiger partial charge in [0.2, 0.25) is 0 Å². The van der Waals surface area contributed by atoms with Crippen molar-refractivity contribution in [2.75, 3.05) is 21.3 Å². The van der Waals surface area contributed by atoms with Crippen molar-refractivity contribution in [1.29, 1.82) is 0 Å². The number of hydrogen-bond donors (Lipinski definition) is 0. The van der Waals surface area contributed by atoms with E-state index in [-0.39, 0.29) is 17.9 Å². The topological polar surface area (TPSA) is 72.9 Å². The Labute approximate surface area is 156 Å². The Bertz CT molecular complexity index is 933. The van der Waals surface area contributed by atoms with E-state index in [0.29, 0.717) is 5.75 Å². The first kappa shape index (κ1) is 20.0. The summed E-state index contributed by atoms with van der Waals surface area (Å²) in [6.07, 6.45) is 0. The summed E-state index contributed by atoms with van der Waals surface area (Å²) in [6, 6.07) is 9.17. The van der Waals surface area contributed by atoms with E-state index in [0.717, 1.165) is 17.7 Å². The van der Waals surface area contributed by atoms with Gasteiger partial charge in [-0.15, -0.1) is 3.89 Å². The summed E-state index contributed by atoms with van der Waals surface area (Å²) >= 11 is 5.83. The highest BCUT2D eigenvalue weighted by molar-refractivity contribution is 7.86.